The van der Waals surface area contributed by atoms with Gasteiger partial charge in [-0.25, -0.2) is 22.4 Å². The van der Waals surface area contributed by atoms with Crippen LogP contribution in [0.4, 0.5) is 0 Å². The molecule has 0 atom stereocenters. The van der Waals surface area contributed by atoms with Crippen molar-refractivity contribution in [2.75, 3.05) is 32.4 Å². The summed E-state index contributed by atoms with van der Waals surface area (Å²) >= 11 is 0. The highest BCUT2D eigenvalue weighted by molar-refractivity contribution is 7.88. The summed E-state index contributed by atoms with van der Waals surface area (Å²) in [5.74, 6) is 1.21. The van der Waals surface area contributed by atoms with Gasteiger partial charge in [-0.05, 0) is 57.2 Å². The highest BCUT2D eigenvalue weighted by atomic mass is 32.2. The number of guanidine groups is 1. The van der Waals surface area contributed by atoms with Crippen molar-refractivity contribution in [3.63, 3.8) is 0 Å². The molecule has 1 aliphatic heterocycles. The van der Waals surface area contributed by atoms with E-state index in [1.807, 2.05) is 30.7 Å². The van der Waals surface area contributed by atoms with Crippen molar-refractivity contribution in [1.29, 1.82) is 0 Å². The van der Waals surface area contributed by atoms with Gasteiger partial charge in [0.15, 0.2) is 5.96 Å². The molecule has 0 aliphatic carbocycles. The molecule has 2 N–H and O–H groups in total. The van der Waals surface area contributed by atoms with E-state index in [9.17, 15) is 8.42 Å². The zero-order chi connectivity index (χ0) is 22.4. The number of hydrogen-bond donors (Lipinski definition) is 2. The quantitative estimate of drug-likeness (QED) is 0.503. The molecule has 0 unspecified atom stereocenters. The second kappa shape index (κ2) is 10.3. The number of aryl methyl sites for hydroxylation is 2. The molecule has 1 fully saturated rings. The first-order valence-electron chi connectivity index (χ1n) is 10.9. The van der Waals surface area contributed by atoms with E-state index < -0.39 is 10.0 Å². The number of aromatic nitrogens is 2. The first-order valence-corrected chi connectivity index (χ1v) is 12.7. The second-order valence-electron chi connectivity index (χ2n) is 8.15. The lowest BCUT2D eigenvalue weighted by molar-refractivity contribution is 0.275. The molecule has 0 spiro atoms. The molecule has 1 aliphatic rings. The molecule has 0 saturated carbocycles. The van der Waals surface area contributed by atoms with Gasteiger partial charge in [-0.1, -0.05) is 18.2 Å². The average Bonchev–Trinajstić information content (AvgIpc) is 3.07. The molecule has 1 aromatic heterocycles. The molecule has 2 aromatic rings. The molecule has 3 rings (SSSR count). The second-order valence-corrected chi connectivity index (χ2v) is 10.1. The Morgan fingerprint density at radius 3 is 2.52 bits per heavy atom. The predicted octanol–water partition coefficient (Wildman–Crippen LogP) is 2.22. The Labute approximate surface area is 185 Å². The Morgan fingerprint density at radius 1 is 1.19 bits per heavy atom. The predicted molar refractivity (Wildman–Crippen MR) is 125 cm³/mol. The minimum atomic E-state index is -3.09. The molecule has 0 bridgehead atoms. The highest BCUT2D eigenvalue weighted by Crippen LogP contribution is 2.19. The van der Waals surface area contributed by atoms with Gasteiger partial charge in [0, 0.05) is 31.9 Å². The van der Waals surface area contributed by atoms with Gasteiger partial charge in [0.25, 0.3) is 0 Å². The fraction of sp³-hybridized carbons (Fsp3) is 0.545. The van der Waals surface area contributed by atoms with Gasteiger partial charge in [0.05, 0.1) is 24.2 Å². The van der Waals surface area contributed by atoms with Crippen molar-refractivity contribution in [2.45, 2.75) is 40.2 Å². The van der Waals surface area contributed by atoms with Crippen LogP contribution >= 0.6 is 0 Å². The van der Waals surface area contributed by atoms with Crippen molar-refractivity contribution < 1.29 is 8.42 Å². The number of nitrogens with one attached hydrogen (secondary N) is 2. The smallest absolute Gasteiger partial charge is 0.211 e. The first kappa shape index (κ1) is 23.3. The molecule has 9 heteroatoms. The summed E-state index contributed by atoms with van der Waals surface area (Å²) in [7, 11) is -3.09. The van der Waals surface area contributed by atoms with Crippen LogP contribution in [0.3, 0.4) is 0 Å². The first-order chi connectivity index (χ1) is 14.8. The zero-order valence-electron chi connectivity index (χ0n) is 18.9. The van der Waals surface area contributed by atoms with Crippen molar-refractivity contribution in [2.24, 2.45) is 10.9 Å². The molecule has 170 valence electrons. The monoisotopic (exact) mass is 446 g/mol. The Morgan fingerprint density at radius 2 is 1.90 bits per heavy atom. The summed E-state index contributed by atoms with van der Waals surface area (Å²) in [5.41, 5.74) is 4.24. The maximum absolute atomic E-state index is 11.7. The van der Waals surface area contributed by atoms with Crippen LogP contribution in [0.1, 0.15) is 36.7 Å². The number of piperidine rings is 1. The summed E-state index contributed by atoms with van der Waals surface area (Å²) < 4.78 is 26.9. The van der Waals surface area contributed by atoms with E-state index in [4.69, 9.17) is 4.99 Å². The molecular weight excluding hydrogens is 412 g/mol. The van der Waals surface area contributed by atoms with Crippen LogP contribution in [0, 0.1) is 19.8 Å². The van der Waals surface area contributed by atoms with Crippen LogP contribution in [0.2, 0.25) is 0 Å². The minimum Gasteiger partial charge on any atom is -0.357 e. The van der Waals surface area contributed by atoms with E-state index in [0.717, 1.165) is 54.5 Å². The summed E-state index contributed by atoms with van der Waals surface area (Å²) in [4.78, 5) is 4.79. The van der Waals surface area contributed by atoms with E-state index in [-0.39, 0.29) is 0 Å². The Bertz CT molecular complexity index is 1010. The number of sulfonamides is 1. The van der Waals surface area contributed by atoms with Crippen LogP contribution in [0.25, 0.3) is 5.69 Å². The average molecular weight is 447 g/mol. The van der Waals surface area contributed by atoms with Gasteiger partial charge >= 0.3 is 0 Å². The standard InChI is InChI=1S/C22H34N6O2S/c1-5-23-22(24-15-19-10-12-27(13-11-19)31(4,29)30)25-16-20-8-6-7-9-21(20)28-18(3)14-17(2)26-28/h6-9,14,19H,5,10-13,15-16H2,1-4H3,(H2,23,24,25). The molecule has 0 amide bonds. The SMILES string of the molecule is CCNC(=NCc1ccccc1-n1nc(C)cc1C)NCC1CCN(S(C)(=O)=O)CC1. The number of benzene rings is 1. The highest BCUT2D eigenvalue weighted by Gasteiger charge is 2.24. The maximum atomic E-state index is 11.7. The van der Waals surface area contributed by atoms with Crippen LogP contribution in [0.15, 0.2) is 35.3 Å². The fourth-order valence-corrected chi connectivity index (χ4v) is 4.79. The van der Waals surface area contributed by atoms with Crippen molar-refractivity contribution in [3.05, 3.63) is 47.3 Å². The van der Waals surface area contributed by atoms with E-state index in [1.54, 1.807) is 4.31 Å². The summed E-state index contributed by atoms with van der Waals surface area (Å²) in [6, 6.07) is 10.3. The normalized spacial score (nSPS) is 16.5. The largest absolute Gasteiger partial charge is 0.357 e. The third-order valence-corrected chi connectivity index (χ3v) is 6.89. The number of hydrogen-bond acceptors (Lipinski definition) is 4. The maximum Gasteiger partial charge on any atom is 0.211 e. The molecule has 31 heavy (non-hydrogen) atoms. The van der Waals surface area contributed by atoms with Crippen molar-refractivity contribution >= 4 is 16.0 Å². The number of rotatable bonds is 7. The van der Waals surface area contributed by atoms with Crippen LogP contribution in [0.5, 0.6) is 0 Å². The summed E-state index contributed by atoms with van der Waals surface area (Å²) in [6.45, 7) is 9.38. The topological polar surface area (TPSA) is 91.6 Å². The molecule has 8 nitrogen and oxygen atoms in total. The van der Waals surface area contributed by atoms with Crippen molar-refractivity contribution in [1.82, 2.24) is 24.7 Å². The zero-order valence-corrected chi connectivity index (χ0v) is 19.7. The molecule has 2 heterocycles. The van der Waals surface area contributed by atoms with E-state index in [1.165, 1.54) is 6.26 Å². The Balaban J connectivity index is 1.64. The molecule has 0 radical (unpaired) electrons. The third-order valence-electron chi connectivity index (χ3n) is 5.58. The minimum absolute atomic E-state index is 0.434. The Hall–Kier alpha value is -2.39. The number of aliphatic imine (C=N–C) groups is 1. The van der Waals surface area contributed by atoms with Crippen LogP contribution in [-0.2, 0) is 16.6 Å². The van der Waals surface area contributed by atoms with Crippen LogP contribution in [-0.4, -0.2) is 60.9 Å². The third kappa shape index (κ3) is 6.30. The molecular formula is C22H34N6O2S. The lowest BCUT2D eigenvalue weighted by atomic mass is 9.98. The van der Waals surface area contributed by atoms with E-state index >= 15 is 0 Å². The fourth-order valence-electron chi connectivity index (χ4n) is 3.92. The summed E-state index contributed by atoms with van der Waals surface area (Å²) in [5, 5.41) is 11.4. The van der Waals surface area contributed by atoms with Gasteiger partial charge in [-0.3, -0.25) is 0 Å². The molecule has 1 aromatic carbocycles. The van der Waals surface area contributed by atoms with E-state index in [2.05, 4.69) is 40.9 Å². The number of para-hydroxylation sites is 1. The Kier molecular flexibility index (Phi) is 7.72. The number of nitrogens with zero attached hydrogens (tertiary/aromatic N) is 4. The van der Waals surface area contributed by atoms with Gasteiger partial charge in [0.1, 0.15) is 0 Å². The van der Waals surface area contributed by atoms with E-state index in [0.29, 0.717) is 25.6 Å². The van der Waals surface area contributed by atoms with Gasteiger partial charge in [0.2, 0.25) is 10.0 Å². The van der Waals surface area contributed by atoms with Crippen LogP contribution < -0.4 is 10.6 Å². The van der Waals surface area contributed by atoms with Gasteiger partial charge in [-0.2, -0.15) is 5.10 Å². The lowest BCUT2D eigenvalue weighted by Gasteiger charge is -2.30. The van der Waals surface area contributed by atoms with Crippen molar-refractivity contribution in [3.8, 4) is 5.69 Å². The van der Waals surface area contributed by atoms with Gasteiger partial charge < -0.3 is 10.6 Å². The lowest BCUT2D eigenvalue weighted by Crippen LogP contribution is -2.44. The molecule has 1 saturated heterocycles. The summed E-state index contributed by atoms with van der Waals surface area (Å²) in [6.07, 6.45) is 3.01. The van der Waals surface area contributed by atoms with Gasteiger partial charge in [-0.15, -0.1) is 0 Å².